The van der Waals surface area contributed by atoms with E-state index in [1.807, 2.05) is 48.8 Å². The Hall–Kier alpha value is -5.21. The van der Waals surface area contributed by atoms with Crippen LogP contribution >= 0.6 is 0 Å². The summed E-state index contributed by atoms with van der Waals surface area (Å²) in [4.78, 5) is 18.9. The standard InChI is InChI=1S/C33H25N4O.C16H20GeN.Ir/c1-20(2)26-18-34-19-27-31(26)37(24-14-12-23(13-15-24)22-9-5-4-6-10-22)33(36-27)25-16-17-35-30-29-21(3)8-7-11-28(29)38-32(25)30;1-5-13-11-16(14-9-7-6-8-10-14)18-12-15(13)17(2,3)4;/h4-15,17-20H,1-3H3;6-9,11-12H,5H2,1-4H3;/q2*-1;. The zero-order chi connectivity index (χ0) is 39.0. The zero-order valence-electron chi connectivity index (χ0n) is 33.4. The molecule has 0 aliphatic heterocycles. The Morgan fingerprint density at radius 1 is 0.807 bits per heavy atom. The number of benzene rings is 4. The van der Waals surface area contributed by atoms with Gasteiger partial charge in [-0.15, -0.1) is 11.6 Å². The third kappa shape index (κ3) is 7.89. The van der Waals surface area contributed by atoms with Gasteiger partial charge in [-0.1, -0.05) is 68.4 Å². The first kappa shape index (κ1) is 40.0. The summed E-state index contributed by atoms with van der Waals surface area (Å²) >= 11 is -1.80. The first-order valence-corrected chi connectivity index (χ1v) is 26.6. The van der Waals surface area contributed by atoms with Crippen LogP contribution in [0.15, 0.2) is 132 Å². The van der Waals surface area contributed by atoms with Gasteiger partial charge in [0.05, 0.1) is 28.3 Å². The molecular weight excluding hydrogens is 939 g/mol. The minimum absolute atomic E-state index is 0. The fourth-order valence-corrected chi connectivity index (χ4v) is 11.0. The summed E-state index contributed by atoms with van der Waals surface area (Å²) in [5.41, 5.74) is 14.2. The van der Waals surface area contributed by atoms with Crippen molar-refractivity contribution in [3.8, 4) is 39.5 Å². The summed E-state index contributed by atoms with van der Waals surface area (Å²) in [6, 6.07) is 42.0. The molecule has 1 radical (unpaired) electrons. The molecule has 0 unspecified atom stereocenters. The van der Waals surface area contributed by atoms with Crippen LogP contribution in [0, 0.1) is 19.1 Å². The molecule has 0 atom stereocenters. The van der Waals surface area contributed by atoms with E-state index in [1.54, 1.807) is 6.20 Å². The maximum absolute atomic E-state index is 6.40. The molecule has 57 heavy (non-hydrogen) atoms. The molecule has 0 aliphatic rings. The Morgan fingerprint density at radius 3 is 2.26 bits per heavy atom. The number of rotatable bonds is 7. The van der Waals surface area contributed by atoms with Crippen molar-refractivity contribution >= 4 is 50.8 Å². The largest absolute Gasteiger partial charge is 0.513 e. The molecule has 8 heteroatoms. The molecule has 0 bridgehead atoms. The SMILES string of the molecule is CCc1cc(-c2[c-]cccc2)nc[c]1[Ge]([CH3])([CH3])[CH3].Cc1cccc2oc3c(-c4nc5cncc(C(C)C)c5n4-c4ccc(-c5ccccc5)cc4)[c-]cnc3c12.[Ir]. The molecule has 9 aromatic rings. The fraction of sp³-hybridized carbons (Fsp3) is 0.184. The van der Waals surface area contributed by atoms with Crippen LogP contribution in [0.25, 0.3) is 72.6 Å². The van der Waals surface area contributed by atoms with Crippen molar-refractivity contribution in [2.24, 2.45) is 0 Å². The topological polar surface area (TPSA) is 69.6 Å². The second-order valence-electron chi connectivity index (χ2n) is 15.5. The van der Waals surface area contributed by atoms with Gasteiger partial charge < -0.3 is 8.98 Å². The van der Waals surface area contributed by atoms with Crippen LogP contribution in [-0.2, 0) is 26.5 Å². The minimum atomic E-state index is -1.80. The molecule has 0 saturated heterocycles. The normalized spacial score (nSPS) is 11.5. The molecule has 9 rings (SSSR count). The molecule has 5 heterocycles. The number of pyridine rings is 3. The maximum Gasteiger partial charge on any atom is 0.119 e. The first-order valence-electron chi connectivity index (χ1n) is 19.3. The Balaban J connectivity index is 0.000000221. The second kappa shape index (κ2) is 16.7. The average molecular weight is 985 g/mol. The zero-order valence-corrected chi connectivity index (χ0v) is 37.9. The Morgan fingerprint density at radius 2 is 1.56 bits per heavy atom. The minimum Gasteiger partial charge on any atom is -0.513 e. The smallest absolute Gasteiger partial charge is 0.119 e. The van der Waals surface area contributed by atoms with E-state index in [9.17, 15) is 0 Å². The summed E-state index contributed by atoms with van der Waals surface area (Å²) in [5, 5.41) is 1.03. The molecule has 0 N–H and O–H groups in total. The van der Waals surface area contributed by atoms with Gasteiger partial charge in [0.1, 0.15) is 5.58 Å². The average Bonchev–Trinajstić information content (AvgIpc) is 3.81. The number of hydrogen-bond acceptors (Lipinski definition) is 5. The van der Waals surface area contributed by atoms with Gasteiger partial charge in [0, 0.05) is 43.2 Å². The van der Waals surface area contributed by atoms with Crippen LogP contribution in [0.3, 0.4) is 0 Å². The van der Waals surface area contributed by atoms with Gasteiger partial charge in [0.25, 0.3) is 0 Å². The van der Waals surface area contributed by atoms with Crippen molar-refractivity contribution in [3.05, 3.63) is 157 Å². The Kier molecular flexibility index (Phi) is 11.7. The molecule has 0 spiro atoms. The van der Waals surface area contributed by atoms with Crippen LogP contribution in [0.4, 0.5) is 0 Å². The Bertz CT molecular complexity index is 2810. The van der Waals surface area contributed by atoms with Gasteiger partial charge in [0.2, 0.25) is 0 Å². The first-order chi connectivity index (χ1) is 27.1. The van der Waals surface area contributed by atoms with E-state index in [0.717, 1.165) is 79.0 Å². The van der Waals surface area contributed by atoms with Crippen molar-refractivity contribution in [2.45, 2.75) is 57.3 Å². The van der Waals surface area contributed by atoms with Gasteiger partial charge in [-0.2, -0.15) is 0 Å². The number of nitrogens with zero attached hydrogens (tertiary/aromatic N) is 5. The van der Waals surface area contributed by atoms with E-state index in [-0.39, 0.29) is 26.0 Å². The molecule has 6 nitrogen and oxygen atoms in total. The van der Waals surface area contributed by atoms with E-state index in [4.69, 9.17) is 9.40 Å². The van der Waals surface area contributed by atoms with Gasteiger partial charge in [0.15, 0.2) is 0 Å². The van der Waals surface area contributed by atoms with Crippen LogP contribution in [-0.4, -0.2) is 37.8 Å². The third-order valence-electron chi connectivity index (χ3n) is 10.4. The number of aromatic nitrogens is 5. The quantitative estimate of drug-likeness (QED) is 0.118. The molecule has 287 valence electrons. The summed E-state index contributed by atoms with van der Waals surface area (Å²) in [7, 11) is 0. The molecule has 5 aromatic heterocycles. The predicted molar refractivity (Wildman–Crippen MR) is 233 cm³/mol. The molecular formula is C49H45GeIrN5O-2. The van der Waals surface area contributed by atoms with E-state index < -0.39 is 13.3 Å². The number of fused-ring (bicyclic) bond motifs is 4. The van der Waals surface area contributed by atoms with Crippen LogP contribution in [0.1, 0.15) is 43.4 Å². The van der Waals surface area contributed by atoms with Crippen LogP contribution in [0.2, 0.25) is 17.3 Å². The molecule has 0 fully saturated rings. The van der Waals surface area contributed by atoms with Gasteiger partial charge in [-0.3, -0.25) is 15.0 Å². The van der Waals surface area contributed by atoms with Gasteiger partial charge in [-0.05, 0) is 59.5 Å². The number of furan rings is 1. The van der Waals surface area contributed by atoms with Crippen LogP contribution < -0.4 is 4.40 Å². The van der Waals surface area contributed by atoms with Crippen LogP contribution in [0.5, 0.6) is 0 Å². The Labute approximate surface area is 351 Å². The predicted octanol–water partition coefficient (Wildman–Crippen LogP) is 11.9. The molecule has 0 saturated carbocycles. The monoisotopic (exact) mass is 986 g/mol. The maximum atomic E-state index is 6.40. The fourth-order valence-electron chi connectivity index (χ4n) is 7.48. The number of aryl methyl sites for hydroxylation is 2. The van der Waals surface area contributed by atoms with Crippen molar-refractivity contribution in [1.82, 2.24) is 24.5 Å². The van der Waals surface area contributed by atoms with E-state index >= 15 is 0 Å². The summed E-state index contributed by atoms with van der Waals surface area (Å²) in [6.07, 6.45) is 8.70. The summed E-state index contributed by atoms with van der Waals surface area (Å²) in [5.74, 6) is 8.29. The third-order valence-corrected chi connectivity index (χ3v) is 14.7. The number of imidazole rings is 1. The van der Waals surface area contributed by atoms with Gasteiger partial charge in [-0.25, -0.2) is 0 Å². The van der Waals surface area contributed by atoms with Crippen molar-refractivity contribution < 1.29 is 24.5 Å². The van der Waals surface area contributed by atoms with E-state index in [1.165, 1.54) is 15.5 Å². The van der Waals surface area contributed by atoms with Crippen molar-refractivity contribution in [2.75, 3.05) is 0 Å². The molecule has 4 aromatic carbocycles. The number of hydrogen-bond donors (Lipinski definition) is 0. The molecule has 0 amide bonds. The van der Waals surface area contributed by atoms with Crippen molar-refractivity contribution in [3.63, 3.8) is 0 Å². The van der Waals surface area contributed by atoms with Crippen molar-refractivity contribution in [1.29, 1.82) is 0 Å². The van der Waals surface area contributed by atoms with Gasteiger partial charge >= 0.3 is 113 Å². The molecule has 0 aliphatic carbocycles. The summed E-state index contributed by atoms with van der Waals surface area (Å²) in [6.45, 7) is 8.68. The van der Waals surface area contributed by atoms with E-state index in [0.29, 0.717) is 5.58 Å². The second-order valence-corrected chi connectivity index (χ2v) is 26.1. The summed E-state index contributed by atoms with van der Waals surface area (Å²) < 4.78 is 10.1. The van der Waals surface area contributed by atoms with E-state index in [2.05, 4.69) is 150 Å².